The first-order valence-corrected chi connectivity index (χ1v) is 15.2. The molecule has 2 aromatic heterocycles. The first-order valence-electron chi connectivity index (χ1n) is 13.9. The number of imidazole rings is 1. The third kappa shape index (κ3) is 5.76. The zero-order valence-corrected chi connectivity index (χ0v) is 25.2. The van der Waals surface area contributed by atoms with Crippen LogP contribution in [0.5, 0.6) is 11.5 Å². The highest BCUT2D eigenvalue weighted by Gasteiger charge is 2.50. The summed E-state index contributed by atoms with van der Waals surface area (Å²) >= 11 is 0. The maximum absolute atomic E-state index is 16.2. The van der Waals surface area contributed by atoms with Gasteiger partial charge in [0.15, 0.2) is 23.6 Å². The highest BCUT2D eigenvalue weighted by molar-refractivity contribution is 7.32. The van der Waals surface area contributed by atoms with E-state index in [4.69, 9.17) is 23.5 Å². The smallest absolute Gasteiger partial charge is 0.317 e. The van der Waals surface area contributed by atoms with Crippen molar-refractivity contribution in [1.82, 2.24) is 19.5 Å². The first kappa shape index (κ1) is 30.6. The minimum absolute atomic E-state index is 0.00582. The Labute approximate surface area is 257 Å². The predicted molar refractivity (Wildman–Crippen MR) is 161 cm³/mol. The zero-order chi connectivity index (χ0) is 31.6. The second-order valence-corrected chi connectivity index (χ2v) is 11.0. The van der Waals surface area contributed by atoms with E-state index in [1.165, 1.54) is 17.2 Å². The Bertz CT molecular complexity index is 1790. The molecule has 1 saturated heterocycles. The molecule has 2 N–H and O–H groups in total. The lowest BCUT2D eigenvalue weighted by molar-refractivity contribution is -0.0885. The minimum atomic E-state index is -3.60. The summed E-state index contributed by atoms with van der Waals surface area (Å²) in [7, 11) is -0.452. The van der Waals surface area contributed by atoms with Crippen molar-refractivity contribution < 1.29 is 37.3 Å². The van der Waals surface area contributed by atoms with Crippen LogP contribution in [0.25, 0.3) is 11.2 Å². The first-order chi connectivity index (χ1) is 21.8. The average molecular weight is 637 g/mol. The Morgan fingerprint density at radius 1 is 0.956 bits per heavy atom. The monoisotopic (exact) mass is 636 g/mol. The second kappa shape index (κ2) is 12.9. The van der Waals surface area contributed by atoms with E-state index < -0.39 is 44.0 Å². The number of aromatic amines is 1. The van der Waals surface area contributed by atoms with E-state index in [1.807, 2.05) is 78.9 Å². The van der Waals surface area contributed by atoms with Crippen LogP contribution in [-0.4, -0.2) is 63.6 Å². The van der Waals surface area contributed by atoms with Gasteiger partial charge in [-0.25, -0.2) is 14.4 Å². The van der Waals surface area contributed by atoms with E-state index in [9.17, 15) is 14.3 Å². The molecule has 0 aliphatic carbocycles. The Morgan fingerprint density at radius 3 is 2.13 bits per heavy atom. The normalized spacial score (nSPS) is 20.7. The Morgan fingerprint density at radius 2 is 1.56 bits per heavy atom. The quantitative estimate of drug-likeness (QED) is 0.160. The third-order valence-electron chi connectivity index (χ3n) is 7.78. The summed E-state index contributed by atoms with van der Waals surface area (Å²) < 4.78 is 58.2. The number of nitrogens with zero attached hydrogens (tertiary/aromatic N) is 3. The predicted octanol–water partition coefficient (Wildman–Crippen LogP) is 4.15. The number of alkyl halides is 1. The van der Waals surface area contributed by atoms with Gasteiger partial charge in [0, 0.05) is 0 Å². The number of rotatable bonds is 11. The van der Waals surface area contributed by atoms with Crippen molar-refractivity contribution in [2.75, 3.05) is 20.8 Å². The van der Waals surface area contributed by atoms with Gasteiger partial charge in [-0.3, -0.25) is 18.5 Å². The summed E-state index contributed by atoms with van der Waals surface area (Å²) in [5.41, 5.74) is 0.519. The highest BCUT2D eigenvalue weighted by Crippen LogP contribution is 2.44. The molecule has 1 fully saturated rings. The molecule has 0 radical (unpaired) electrons. The number of fused-ring (bicyclic) bond motifs is 1. The van der Waals surface area contributed by atoms with Crippen LogP contribution in [0.3, 0.4) is 0 Å². The van der Waals surface area contributed by atoms with Crippen molar-refractivity contribution in [3.8, 4) is 11.5 Å². The standard InChI is InChI=1S/C31H30FN4O8P/c1-40-22-12-8-20(9-13-22)31(19-6-4-3-5-7-19,21-10-14-23(41-2)15-11-21)42-16-24-25(32)27(44-45(38)39)30(43-24)36-18-35-26-28(36)33-17-34-29(26)37/h3-15,17-18,24-25,27,30,45H,16H2,1-2H3,(H,38,39)(H,33,34,37)/t24-,25-,27-,30-/m1/s1. The summed E-state index contributed by atoms with van der Waals surface area (Å²) in [6.07, 6.45) is -3.55. The number of H-pyrrole nitrogens is 1. The third-order valence-corrected chi connectivity index (χ3v) is 8.25. The number of nitrogens with one attached hydrogen (secondary N) is 1. The fraction of sp³-hybridized carbons (Fsp3) is 0.258. The molecule has 6 rings (SSSR count). The van der Waals surface area contributed by atoms with Crippen LogP contribution in [0.1, 0.15) is 22.9 Å². The van der Waals surface area contributed by atoms with Crippen molar-refractivity contribution in [2.24, 2.45) is 0 Å². The second-order valence-electron chi connectivity index (χ2n) is 10.2. The Balaban J connectivity index is 1.42. The molecule has 45 heavy (non-hydrogen) atoms. The number of benzene rings is 3. The lowest BCUT2D eigenvalue weighted by Crippen LogP contribution is -2.38. The van der Waals surface area contributed by atoms with E-state index in [0.29, 0.717) is 11.5 Å². The lowest BCUT2D eigenvalue weighted by Gasteiger charge is -2.37. The average Bonchev–Trinajstić information content (AvgIpc) is 3.63. The largest absolute Gasteiger partial charge is 0.497 e. The van der Waals surface area contributed by atoms with Gasteiger partial charge in [0.2, 0.25) is 0 Å². The fourth-order valence-electron chi connectivity index (χ4n) is 5.63. The molecule has 5 aromatic rings. The van der Waals surface area contributed by atoms with E-state index in [0.717, 1.165) is 16.7 Å². The Hall–Kier alpha value is -4.39. The molecule has 0 spiro atoms. The summed E-state index contributed by atoms with van der Waals surface area (Å²) in [5.74, 6) is 1.28. The summed E-state index contributed by atoms with van der Waals surface area (Å²) in [6.45, 7) is -0.308. The van der Waals surface area contributed by atoms with Crippen LogP contribution in [0.15, 0.2) is 96.3 Å². The van der Waals surface area contributed by atoms with E-state index in [1.54, 1.807) is 14.2 Å². The number of hydrogen-bond donors (Lipinski definition) is 2. The van der Waals surface area contributed by atoms with Crippen molar-refractivity contribution in [3.05, 3.63) is 119 Å². The SMILES string of the molecule is COc1ccc(C(OC[C@H]2O[C@@H](n3cnc4c(=O)[nH]cnc43)[C@H](O[PH](=O)O)[C@@H]2F)(c2ccccc2)c2ccc(OC)cc2)cc1. The molecule has 5 atom stereocenters. The van der Waals surface area contributed by atoms with Gasteiger partial charge in [0.25, 0.3) is 5.56 Å². The van der Waals surface area contributed by atoms with Crippen LogP contribution in [-0.2, 0) is 24.2 Å². The van der Waals surface area contributed by atoms with Gasteiger partial charge in [0.05, 0.1) is 33.5 Å². The fourth-order valence-corrected chi connectivity index (χ4v) is 6.11. The van der Waals surface area contributed by atoms with Gasteiger partial charge >= 0.3 is 8.25 Å². The summed E-state index contributed by atoms with van der Waals surface area (Å²) in [6, 6.07) is 24.1. The van der Waals surface area contributed by atoms with Gasteiger partial charge in [-0.1, -0.05) is 54.6 Å². The lowest BCUT2D eigenvalue weighted by atomic mass is 9.80. The molecule has 1 aliphatic rings. The van der Waals surface area contributed by atoms with Crippen molar-refractivity contribution in [3.63, 3.8) is 0 Å². The molecule has 234 valence electrons. The zero-order valence-electron chi connectivity index (χ0n) is 24.2. The molecule has 14 heteroatoms. The van der Waals surface area contributed by atoms with Crippen LogP contribution < -0.4 is 15.0 Å². The molecule has 12 nitrogen and oxygen atoms in total. The van der Waals surface area contributed by atoms with Gasteiger partial charge in [-0.15, -0.1) is 0 Å². The van der Waals surface area contributed by atoms with Crippen LogP contribution in [0.2, 0.25) is 0 Å². The molecule has 0 saturated carbocycles. The molecular formula is C31H30FN4O8P. The summed E-state index contributed by atoms with van der Waals surface area (Å²) in [4.78, 5) is 32.5. The topological polar surface area (TPSA) is 147 Å². The van der Waals surface area contributed by atoms with E-state index >= 15 is 4.39 Å². The summed E-state index contributed by atoms with van der Waals surface area (Å²) in [5, 5.41) is 0. The molecule has 1 unspecified atom stereocenters. The molecule has 0 bridgehead atoms. The Kier molecular flexibility index (Phi) is 8.79. The van der Waals surface area contributed by atoms with Gasteiger partial charge < -0.3 is 28.8 Å². The van der Waals surface area contributed by atoms with Crippen molar-refractivity contribution >= 4 is 19.4 Å². The number of aromatic nitrogens is 4. The maximum atomic E-state index is 16.2. The van der Waals surface area contributed by atoms with Gasteiger partial charge in [0.1, 0.15) is 29.3 Å². The molecule has 0 amide bonds. The molecule has 3 aromatic carbocycles. The molecule has 3 heterocycles. The van der Waals surface area contributed by atoms with Crippen LogP contribution in [0, 0.1) is 0 Å². The maximum Gasteiger partial charge on any atom is 0.317 e. The number of methoxy groups -OCH3 is 2. The number of halogens is 1. The van der Waals surface area contributed by atoms with Gasteiger partial charge in [-0.05, 0) is 41.0 Å². The van der Waals surface area contributed by atoms with Crippen LogP contribution in [0.4, 0.5) is 4.39 Å². The molecular weight excluding hydrogens is 606 g/mol. The highest BCUT2D eigenvalue weighted by atomic mass is 31.1. The number of hydrogen-bond acceptors (Lipinski definition) is 9. The minimum Gasteiger partial charge on any atom is -0.497 e. The van der Waals surface area contributed by atoms with Crippen molar-refractivity contribution in [2.45, 2.75) is 30.2 Å². The number of ether oxygens (including phenoxy) is 4. The molecule has 1 aliphatic heterocycles. The van der Waals surface area contributed by atoms with E-state index in [2.05, 4.69) is 15.0 Å². The van der Waals surface area contributed by atoms with Crippen LogP contribution >= 0.6 is 8.25 Å². The van der Waals surface area contributed by atoms with Gasteiger partial charge in [-0.2, -0.15) is 0 Å². The van der Waals surface area contributed by atoms with E-state index in [-0.39, 0.29) is 17.8 Å². The van der Waals surface area contributed by atoms with Crippen molar-refractivity contribution in [1.29, 1.82) is 0 Å².